The highest BCUT2D eigenvalue weighted by atomic mass is 16.7. The maximum Gasteiger partial charge on any atom is 0.305 e. The number of hydrogen-bond acceptors (Lipinski definition) is 7. The number of carbonyl (C=O) groups excluding carboxylic acids is 1. The Morgan fingerprint density at radius 2 is 1.57 bits per heavy atom. The van der Waals surface area contributed by atoms with Crippen LogP contribution < -0.4 is 0 Å². The van der Waals surface area contributed by atoms with Crippen molar-refractivity contribution in [3.8, 4) is 0 Å². The van der Waals surface area contributed by atoms with E-state index in [1.54, 1.807) is 0 Å². The first kappa shape index (κ1) is 37.5. The van der Waals surface area contributed by atoms with Gasteiger partial charge in [-0.05, 0) is 116 Å². The summed E-state index contributed by atoms with van der Waals surface area (Å²) in [6, 6.07) is 0. The molecule has 0 aromatic rings. The molecule has 4 saturated carbocycles. The molecule has 0 aromatic carbocycles. The van der Waals surface area contributed by atoms with Crippen molar-refractivity contribution in [1.82, 2.24) is 0 Å². The Morgan fingerprint density at radius 3 is 2.32 bits per heavy atom. The fraction of sp³-hybridized carbons (Fsp3) is 0.975. The third kappa shape index (κ3) is 8.10. The van der Waals surface area contributed by atoms with Gasteiger partial charge in [0.15, 0.2) is 6.29 Å². The Labute approximate surface area is 286 Å². The van der Waals surface area contributed by atoms with Crippen LogP contribution in [0.3, 0.4) is 0 Å². The highest BCUT2D eigenvalue weighted by Gasteiger charge is 2.61. The van der Waals surface area contributed by atoms with Gasteiger partial charge in [0.1, 0.15) is 31.0 Å². The Bertz CT molecular complexity index is 1000. The van der Waals surface area contributed by atoms with Gasteiger partial charge in [-0.2, -0.15) is 0 Å². The highest BCUT2D eigenvalue weighted by Crippen LogP contribution is 2.68. The molecule has 1 heterocycles. The van der Waals surface area contributed by atoms with Crippen molar-refractivity contribution in [3.63, 3.8) is 0 Å². The third-order valence-corrected chi connectivity index (χ3v) is 14.5. The van der Waals surface area contributed by atoms with Crippen molar-refractivity contribution < 1.29 is 34.3 Å². The second-order valence-electron chi connectivity index (χ2n) is 17.7. The third-order valence-electron chi connectivity index (χ3n) is 14.5. The van der Waals surface area contributed by atoms with Crippen molar-refractivity contribution >= 4 is 5.97 Å². The summed E-state index contributed by atoms with van der Waals surface area (Å²) >= 11 is 0. The smallest absolute Gasteiger partial charge is 0.305 e. The van der Waals surface area contributed by atoms with E-state index in [-0.39, 0.29) is 18.7 Å². The first-order chi connectivity index (χ1) is 22.4. The Hall–Kier alpha value is -0.730. The molecule has 4 aliphatic carbocycles. The molecule has 0 bridgehead atoms. The summed E-state index contributed by atoms with van der Waals surface area (Å²) in [4.78, 5) is 12.2. The van der Waals surface area contributed by atoms with Crippen molar-refractivity contribution in [2.24, 2.45) is 52.3 Å². The van der Waals surface area contributed by atoms with Gasteiger partial charge in [0.05, 0.1) is 6.10 Å². The first-order valence-electron chi connectivity index (χ1n) is 19.9. The van der Waals surface area contributed by atoms with E-state index < -0.39 is 30.7 Å². The molecule has 6 unspecified atom stereocenters. The second kappa shape index (κ2) is 16.1. The molecule has 47 heavy (non-hydrogen) atoms. The topological polar surface area (TPSA) is 105 Å². The minimum atomic E-state index is -1.42. The Kier molecular flexibility index (Phi) is 12.8. The summed E-state index contributed by atoms with van der Waals surface area (Å²) < 4.78 is 17.8. The van der Waals surface area contributed by atoms with Crippen LogP contribution in [0.15, 0.2) is 0 Å². The predicted octanol–water partition coefficient (Wildman–Crippen LogP) is 7.81. The summed E-state index contributed by atoms with van der Waals surface area (Å²) in [5.74, 6) is 5.26. The van der Waals surface area contributed by atoms with E-state index in [1.807, 2.05) is 0 Å². The van der Waals surface area contributed by atoms with Crippen LogP contribution in [0.4, 0.5) is 0 Å². The minimum Gasteiger partial charge on any atom is -0.463 e. The van der Waals surface area contributed by atoms with Crippen molar-refractivity contribution in [1.29, 1.82) is 0 Å². The van der Waals surface area contributed by atoms with Gasteiger partial charge in [-0.15, -0.1) is 0 Å². The van der Waals surface area contributed by atoms with Crippen molar-refractivity contribution in [2.45, 2.75) is 188 Å². The van der Waals surface area contributed by atoms with Crippen LogP contribution in [0.5, 0.6) is 0 Å². The van der Waals surface area contributed by atoms with Gasteiger partial charge in [-0.1, -0.05) is 80.1 Å². The molecule has 7 nitrogen and oxygen atoms in total. The van der Waals surface area contributed by atoms with Crippen LogP contribution >= 0.6 is 0 Å². The van der Waals surface area contributed by atoms with Gasteiger partial charge in [0.25, 0.3) is 0 Å². The Morgan fingerprint density at radius 1 is 0.830 bits per heavy atom. The molecule has 0 aromatic heterocycles. The normalized spacial score (nSPS) is 44.0. The van der Waals surface area contributed by atoms with Crippen LogP contribution in [0, 0.1) is 52.3 Å². The van der Waals surface area contributed by atoms with E-state index in [1.165, 1.54) is 57.8 Å². The van der Waals surface area contributed by atoms with Crippen LogP contribution in [-0.2, 0) is 19.0 Å². The lowest BCUT2D eigenvalue weighted by Crippen LogP contribution is -2.60. The van der Waals surface area contributed by atoms with Crippen LogP contribution in [0.25, 0.3) is 0 Å². The Balaban J connectivity index is 1.15. The molecular weight excluding hydrogens is 592 g/mol. The molecule has 3 N–H and O–H groups in total. The summed E-state index contributed by atoms with van der Waals surface area (Å²) in [5, 5.41) is 32.1. The van der Waals surface area contributed by atoms with Gasteiger partial charge in [0.2, 0.25) is 0 Å². The molecule has 0 spiro atoms. The molecule has 5 rings (SSSR count). The number of fused-ring (bicyclic) bond motifs is 5. The number of esters is 1. The van der Waals surface area contributed by atoms with Crippen LogP contribution in [0.2, 0.25) is 0 Å². The lowest BCUT2D eigenvalue weighted by atomic mass is 9.44. The summed E-state index contributed by atoms with van der Waals surface area (Å²) in [6.07, 6.45) is 13.3. The van der Waals surface area contributed by atoms with Crippen molar-refractivity contribution in [2.75, 3.05) is 6.61 Å². The molecule has 5 aliphatic rings. The van der Waals surface area contributed by atoms with Gasteiger partial charge in [-0.25, -0.2) is 0 Å². The molecule has 7 heteroatoms. The fourth-order valence-corrected chi connectivity index (χ4v) is 11.7. The summed E-state index contributed by atoms with van der Waals surface area (Å²) in [7, 11) is 0. The molecule has 0 amide bonds. The number of aliphatic hydroxyl groups excluding tert-OH is 3. The maximum atomic E-state index is 12.2. The zero-order valence-corrected chi connectivity index (χ0v) is 30.7. The minimum absolute atomic E-state index is 0.0649. The van der Waals surface area contributed by atoms with Gasteiger partial charge in [-0.3, -0.25) is 4.79 Å². The second-order valence-corrected chi connectivity index (χ2v) is 17.7. The predicted molar refractivity (Wildman–Crippen MR) is 184 cm³/mol. The standard InChI is InChI=1S/C40H70O7/c1-7-8-9-10-14-34(41)45-24-33-35(42)36(43)37(44)38(47-33)46-28-19-21-39(5)27(23-28)15-16-29-31-18-17-30(26(4)13-11-12-25(2)3)40(31,6)22-20-32(29)39/h25-33,35-38,42-44H,7-24H2,1-6H3/t26-,27+,28+,29-,30?,31+,32?,33?,35+,36+,37?,38-,39?,40?/m1/s1. The molecule has 0 radical (unpaired) electrons. The van der Waals surface area contributed by atoms with Crippen LogP contribution in [-0.4, -0.2) is 64.7 Å². The molecule has 272 valence electrons. The quantitative estimate of drug-likeness (QED) is 0.0990. The molecule has 1 aliphatic heterocycles. The zero-order chi connectivity index (χ0) is 33.9. The zero-order valence-electron chi connectivity index (χ0n) is 30.7. The summed E-state index contributed by atoms with van der Waals surface area (Å²) in [5.41, 5.74) is 0.822. The molecule has 14 atom stereocenters. The van der Waals surface area contributed by atoms with E-state index in [4.69, 9.17) is 14.2 Å². The van der Waals surface area contributed by atoms with Gasteiger partial charge < -0.3 is 29.5 Å². The van der Waals surface area contributed by atoms with Gasteiger partial charge in [0, 0.05) is 6.42 Å². The number of hydrogen-bond donors (Lipinski definition) is 3. The first-order valence-corrected chi connectivity index (χ1v) is 19.9. The van der Waals surface area contributed by atoms with E-state index in [9.17, 15) is 20.1 Å². The average Bonchev–Trinajstić information content (AvgIpc) is 3.40. The average molecular weight is 663 g/mol. The lowest BCUT2D eigenvalue weighted by molar-refractivity contribution is -0.317. The van der Waals surface area contributed by atoms with E-state index in [0.29, 0.717) is 23.2 Å². The van der Waals surface area contributed by atoms with E-state index in [2.05, 4.69) is 41.5 Å². The van der Waals surface area contributed by atoms with Crippen LogP contribution in [0.1, 0.15) is 151 Å². The summed E-state index contributed by atoms with van der Waals surface area (Å²) in [6.45, 7) is 14.5. The number of aliphatic hydroxyl groups is 3. The van der Waals surface area contributed by atoms with E-state index >= 15 is 0 Å². The van der Waals surface area contributed by atoms with Crippen molar-refractivity contribution in [3.05, 3.63) is 0 Å². The number of ether oxygens (including phenoxy) is 3. The van der Waals surface area contributed by atoms with E-state index in [0.717, 1.165) is 80.5 Å². The number of carbonyl (C=O) groups is 1. The van der Waals surface area contributed by atoms with Gasteiger partial charge >= 0.3 is 5.97 Å². The monoisotopic (exact) mass is 663 g/mol. The molecular formula is C40H70O7. The number of rotatable bonds is 14. The SMILES string of the molecule is CCCCCCC(=O)OCC1O[C@@H](O[C@H]2CCC3(C)C4CCC5(C)C([C@H](C)CCCC(C)C)CC[C@H]5[C@H]4CC[C@H]3C2)C(O)[C@@H](O)[C@H]1O. The molecule has 5 fully saturated rings. The maximum absolute atomic E-state index is 12.2. The highest BCUT2D eigenvalue weighted by molar-refractivity contribution is 5.69. The largest absolute Gasteiger partial charge is 0.463 e. The molecule has 1 saturated heterocycles. The lowest BCUT2D eigenvalue weighted by Gasteiger charge is -2.61. The fourth-order valence-electron chi connectivity index (χ4n) is 11.7. The number of unbranched alkanes of at least 4 members (excludes halogenated alkanes) is 3.